The summed E-state index contributed by atoms with van der Waals surface area (Å²) in [6.45, 7) is 1.36. The van der Waals surface area contributed by atoms with Crippen LogP contribution in [0.15, 0.2) is 45.5 Å². The Morgan fingerprint density at radius 2 is 1.90 bits per heavy atom. The number of halogens is 1. The number of methoxy groups -OCH3 is 1. The molecule has 0 fully saturated rings. The molecule has 3 N–H and O–H groups in total. The number of anilines is 1. The average Bonchev–Trinajstić information content (AvgIpc) is 2.71. The molecule has 0 aromatic heterocycles. The zero-order chi connectivity index (χ0) is 23.3. The second-order valence-electron chi connectivity index (χ2n) is 5.94. The summed E-state index contributed by atoms with van der Waals surface area (Å²) in [7, 11) is 1.33. The largest absolute Gasteiger partial charge is 0.503 e. The van der Waals surface area contributed by atoms with Gasteiger partial charge in [-0.1, -0.05) is 0 Å². The minimum Gasteiger partial charge on any atom is -0.503 e. The number of phenols is 1. The number of nitro groups is 2. The maximum Gasteiger partial charge on any atom is 0.337 e. The van der Waals surface area contributed by atoms with Crippen LogP contribution in [0.2, 0.25) is 0 Å². The highest BCUT2D eigenvalue weighted by Crippen LogP contribution is 2.36. The van der Waals surface area contributed by atoms with Gasteiger partial charge in [0.25, 0.3) is 5.69 Å². The molecule has 162 valence electrons. The fraction of sp³-hybridized carbons (Fsp3) is 0.111. The molecular formula is C18H15BrN4O8. The van der Waals surface area contributed by atoms with Crippen molar-refractivity contribution in [3.8, 4) is 11.5 Å². The first-order valence-electron chi connectivity index (χ1n) is 8.30. The highest BCUT2D eigenvalue weighted by Gasteiger charge is 2.20. The number of hydrogen-bond donors (Lipinski definition) is 3. The van der Waals surface area contributed by atoms with Gasteiger partial charge in [-0.15, -0.1) is 0 Å². The van der Waals surface area contributed by atoms with Crippen molar-refractivity contribution in [2.45, 2.75) is 6.92 Å². The highest BCUT2D eigenvalue weighted by molar-refractivity contribution is 9.10. The number of hydrazone groups is 1. The second kappa shape index (κ2) is 9.67. The van der Waals surface area contributed by atoms with Crippen molar-refractivity contribution >= 4 is 50.7 Å². The fourth-order valence-corrected chi connectivity index (χ4v) is 2.86. The number of aliphatic carboxylic acids is 1. The molecule has 0 saturated carbocycles. The number of carboxylic acids is 1. The smallest absolute Gasteiger partial charge is 0.337 e. The van der Waals surface area contributed by atoms with Crippen LogP contribution >= 0.6 is 15.9 Å². The zero-order valence-corrected chi connectivity index (χ0v) is 17.6. The van der Waals surface area contributed by atoms with Crippen molar-refractivity contribution in [1.82, 2.24) is 0 Å². The van der Waals surface area contributed by atoms with Crippen LogP contribution in [0.4, 0.5) is 17.1 Å². The van der Waals surface area contributed by atoms with E-state index in [0.29, 0.717) is 5.56 Å². The Labute approximate surface area is 182 Å². The predicted molar refractivity (Wildman–Crippen MR) is 114 cm³/mol. The number of nitrogens with zero attached hydrogens (tertiary/aromatic N) is 3. The van der Waals surface area contributed by atoms with Crippen molar-refractivity contribution in [3.63, 3.8) is 0 Å². The summed E-state index contributed by atoms with van der Waals surface area (Å²) in [4.78, 5) is 32.1. The molecule has 0 unspecified atom stereocenters. The average molecular weight is 495 g/mol. The molecule has 0 aliphatic carbocycles. The van der Waals surface area contributed by atoms with Gasteiger partial charge in [-0.05, 0) is 52.7 Å². The SMILES string of the molecule is COc1cc(/C=C(C(=O)O)/C(C)=N/Nc2ccc([N+](=O)[O-])cc2[N+](=O)[O-])cc(Br)c1O. The molecule has 0 radical (unpaired) electrons. The number of nitrogens with one attached hydrogen (secondary N) is 1. The number of phenolic OH excluding ortho intramolecular Hbond substituents is 1. The van der Waals surface area contributed by atoms with Crippen molar-refractivity contribution in [3.05, 3.63) is 66.2 Å². The first-order chi connectivity index (χ1) is 14.5. The summed E-state index contributed by atoms with van der Waals surface area (Å²) >= 11 is 3.14. The lowest BCUT2D eigenvalue weighted by Gasteiger charge is -2.08. The van der Waals surface area contributed by atoms with E-state index < -0.39 is 27.2 Å². The molecule has 0 heterocycles. The van der Waals surface area contributed by atoms with Crippen LogP contribution in [-0.4, -0.2) is 38.9 Å². The van der Waals surface area contributed by atoms with Gasteiger partial charge in [-0.25, -0.2) is 4.79 Å². The minimum absolute atomic E-state index is 0.0386. The van der Waals surface area contributed by atoms with Crippen LogP contribution < -0.4 is 10.2 Å². The van der Waals surface area contributed by atoms with E-state index in [9.17, 15) is 35.2 Å². The number of aromatic hydroxyl groups is 1. The molecule has 2 aromatic rings. The summed E-state index contributed by atoms with van der Waals surface area (Å²) < 4.78 is 5.30. The molecule has 12 nitrogen and oxygen atoms in total. The molecule has 31 heavy (non-hydrogen) atoms. The fourth-order valence-electron chi connectivity index (χ4n) is 2.40. The Bertz CT molecular complexity index is 1130. The Morgan fingerprint density at radius 1 is 1.23 bits per heavy atom. The molecule has 2 aromatic carbocycles. The van der Waals surface area contributed by atoms with Crippen molar-refractivity contribution in [2.75, 3.05) is 12.5 Å². The van der Waals surface area contributed by atoms with Gasteiger partial charge in [0.2, 0.25) is 0 Å². The zero-order valence-electron chi connectivity index (χ0n) is 16.0. The minimum atomic E-state index is -1.33. The van der Waals surface area contributed by atoms with Gasteiger partial charge in [-0.2, -0.15) is 5.10 Å². The van der Waals surface area contributed by atoms with Gasteiger partial charge in [0, 0.05) is 6.07 Å². The van der Waals surface area contributed by atoms with E-state index >= 15 is 0 Å². The van der Waals surface area contributed by atoms with Crippen LogP contribution in [-0.2, 0) is 4.79 Å². The number of carbonyl (C=O) groups is 1. The lowest BCUT2D eigenvalue weighted by atomic mass is 10.1. The normalized spacial score (nSPS) is 11.7. The molecule has 0 aliphatic heterocycles. The quantitative estimate of drug-likeness (QED) is 0.212. The number of rotatable bonds is 8. The topological polar surface area (TPSA) is 177 Å². The van der Waals surface area contributed by atoms with E-state index in [4.69, 9.17) is 4.74 Å². The third-order valence-electron chi connectivity index (χ3n) is 3.93. The number of carboxylic acid groups (broad SMARTS) is 1. The van der Waals surface area contributed by atoms with E-state index in [-0.39, 0.29) is 32.9 Å². The van der Waals surface area contributed by atoms with Crippen molar-refractivity contribution in [2.24, 2.45) is 5.10 Å². The molecule has 0 saturated heterocycles. The summed E-state index contributed by atoms with van der Waals surface area (Å²) in [5.74, 6) is -1.38. The highest BCUT2D eigenvalue weighted by atomic mass is 79.9. The monoisotopic (exact) mass is 494 g/mol. The molecule has 0 atom stereocenters. The summed E-state index contributed by atoms with van der Waals surface area (Å²) in [5.41, 5.74) is 1.22. The number of non-ortho nitro benzene ring substituents is 1. The van der Waals surface area contributed by atoms with Crippen LogP contribution in [0.1, 0.15) is 12.5 Å². The van der Waals surface area contributed by atoms with E-state index in [1.807, 2.05) is 0 Å². The van der Waals surface area contributed by atoms with Gasteiger partial charge in [0.05, 0.1) is 38.8 Å². The first-order valence-corrected chi connectivity index (χ1v) is 9.09. The Kier molecular flexibility index (Phi) is 7.26. The Hall–Kier alpha value is -4.00. The number of ether oxygens (including phenoxy) is 1. The summed E-state index contributed by atoms with van der Waals surface area (Å²) in [6, 6.07) is 5.78. The molecular weight excluding hydrogens is 480 g/mol. The van der Waals surface area contributed by atoms with Gasteiger partial charge in [0.15, 0.2) is 11.5 Å². The molecule has 2 rings (SSSR count). The lowest BCUT2D eigenvalue weighted by Crippen LogP contribution is -2.11. The molecule has 0 bridgehead atoms. The van der Waals surface area contributed by atoms with E-state index in [0.717, 1.165) is 18.2 Å². The van der Waals surface area contributed by atoms with Gasteiger partial charge in [0.1, 0.15) is 5.69 Å². The standard InChI is InChI=1S/C18H15BrN4O8/c1-9(20-21-14-4-3-11(22(27)28)8-15(14)23(29)30)12(18(25)26)5-10-6-13(19)17(24)16(7-10)31-2/h3-8,21,24H,1-2H3,(H,25,26)/b12-5-,20-9+. The number of nitro benzene ring substituents is 2. The van der Waals surface area contributed by atoms with Crippen LogP contribution in [0.25, 0.3) is 6.08 Å². The lowest BCUT2D eigenvalue weighted by molar-refractivity contribution is -0.393. The predicted octanol–water partition coefficient (Wildman–Crippen LogP) is 3.94. The van der Waals surface area contributed by atoms with Crippen molar-refractivity contribution < 1.29 is 29.6 Å². The molecule has 0 spiro atoms. The maximum absolute atomic E-state index is 11.7. The van der Waals surface area contributed by atoms with E-state index in [1.165, 1.54) is 32.2 Å². The van der Waals surface area contributed by atoms with Gasteiger partial charge >= 0.3 is 11.7 Å². The van der Waals surface area contributed by atoms with Crippen molar-refractivity contribution in [1.29, 1.82) is 0 Å². The Balaban J connectivity index is 2.43. The van der Waals surface area contributed by atoms with Crippen LogP contribution in [0.3, 0.4) is 0 Å². The third-order valence-corrected chi connectivity index (χ3v) is 4.54. The van der Waals surface area contributed by atoms with Crippen LogP contribution in [0, 0.1) is 20.2 Å². The summed E-state index contributed by atoms with van der Waals surface area (Å²) in [5, 5.41) is 45.3. The van der Waals surface area contributed by atoms with Crippen LogP contribution in [0.5, 0.6) is 11.5 Å². The molecule has 0 amide bonds. The van der Waals surface area contributed by atoms with E-state index in [1.54, 1.807) is 0 Å². The van der Waals surface area contributed by atoms with Gasteiger partial charge in [-0.3, -0.25) is 25.7 Å². The maximum atomic E-state index is 11.7. The third kappa shape index (κ3) is 5.54. The second-order valence-corrected chi connectivity index (χ2v) is 6.80. The molecule has 0 aliphatic rings. The molecule has 13 heteroatoms. The van der Waals surface area contributed by atoms with Gasteiger partial charge < -0.3 is 14.9 Å². The number of benzene rings is 2. The first kappa shape index (κ1) is 23.3. The Morgan fingerprint density at radius 3 is 2.45 bits per heavy atom. The van der Waals surface area contributed by atoms with E-state index in [2.05, 4.69) is 26.5 Å². The number of hydrogen-bond acceptors (Lipinski definition) is 9. The summed E-state index contributed by atoms with van der Waals surface area (Å²) in [6.07, 6.45) is 1.26.